The second kappa shape index (κ2) is 6.35. The number of carbonyl (C=O) groups excluding carboxylic acids is 2. The van der Waals surface area contributed by atoms with E-state index in [-0.39, 0.29) is 24.0 Å². The molecule has 1 aliphatic rings. The van der Waals surface area contributed by atoms with Gasteiger partial charge in [0, 0.05) is 43.9 Å². The number of hydrogen-bond acceptors (Lipinski definition) is 6. The van der Waals surface area contributed by atoms with Gasteiger partial charge < -0.3 is 19.2 Å². The van der Waals surface area contributed by atoms with Gasteiger partial charge in [0.15, 0.2) is 11.5 Å². The summed E-state index contributed by atoms with van der Waals surface area (Å²) in [6.07, 6.45) is 4.48. The Morgan fingerprint density at radius 2 is 2.21 bits per heavy atom. The molecule has 0 bridgehead atoms. The van der Waals surface area contributed by atoms with Gasteiger partial charge in [0.05, 0.1) is 12.1 Å². The quantitative estimate of drug-likeness (QED) is 0.864. The third-order valence-corrected chi connectivity index (χ3v) is 3.90. The Morgan fingerprint density at radius 3 is 2.88 bits per heavy atom. The highest BCUT2D eigenvalue weighted by atomic mass is 16.5. The normalized spacial score (nSPS) is 15.5. The minimum Gasteiger partial charge on any atom is -0.455 e. The molecule has 0 aliphatic heterocycles. The fraction of sp³-hybridized carbons (Fsp3) is 0.353. The SMILES string of the molecule is Cc1c(C(=O)NCc2ccon2)oc2c1C(=O)/C(=C\N(C)C)CC2. The molecule has 0 radical (unpaired) electrons. The van der Waals surface area contributed by atoms with Crippen LogP contribution in [0.4, 0.5) is 0 Å². The summed E-state index contributed by atoms with van der Waals surface area (Å²) in [5.41, 5.74) is 2.44. The molecule has 126 valence electrons. The molecule has 2 aromatic rings. The van der Waals surface area contributed by atoms with Crippen molar-refractivity contribution < 1.29 is 18.5 Å². The van der Waals surface area contributed by atoms with Gasteiger partial charge in [0.1, 0.15) is 17.7 Å². The summed E-state index contributed by atoms with van der Waals surface area (Å²) in [6.45, 7) is 1.98. The van der Waals surface area contributed by atoms with E-state index in [1.807, 2.05) is 25.2 Å². The average molecular weight is 329 g/mol. The van der Waals surface area contributed by atoms with Crippen molar-refractivity contribution in [1.29, 1.82) is 0 Å². The summed E-state index contributed by atoms with van der Waals surface area (Å²) in [6, 6.07) is 1.67. The van der Waals surface area contributed by atoms with Crippen molar-refractivity contribution in [3.05, 3.63) is 52.4 Å². The summed E-state index contributed by atoms with van der Waals surface area (Å²) < 4.78 is 10.4. The molecule has 7 nitrogen and oxygen atoms in total. The van der Waals surface area contributed by atoms with Crippen molar-refractivity contribution in [1.82, 2.24) is 15.4 Å². The van der Waals surface area contributed by atoms with E-state index < -0.39 is 0 Å². The van der Waals surface area contributed by atoms with E-state index in [1.54, 1.807) is 13.0 Å². The molecule has 0 unspecified atom stereocenters. The standard InChI is InChI=1S/C17H19N3O4/c1-10-14-13(5-4-11(15(14)21)9-20(2)3)24-16(10)17(22)18-8-12-6-7-23-19-12/h6-7,9H,4-5,8H2,1-3H3,(H,18,22)/b11-9-. The minimum atomic E-state index is -0.365. The van der Waals surface area contributed by atoms with Crippen LogP contribution >= 0.6 is 0 Å². The molecule has 3 rings (SSSR count). The van der Waals surface area contributed by atoms with Gasteiger partial charge in [0.25, 0.3) is 5.91 Å². The Morgan fingerprint density at radius 1 is 1.42 bits per heavy atom. The number of ketones is 1. The van der Waals surface area contributed by atoms with Crippen molar-refractivity contribution in [3.63, 3.8) is 0 Å². The number of fused-ring (bicyclic) bond motifs is 1. The van der Waals surface area contributed by atoms with Crippen LogP contribution in [0, 0.1) is 6.92 Å². The Kier molecular flexibility index (Phi) is 4.24. The second-order valence-corrected chi connectivity index (χ2v) is 5.97. The van der Waals surface area contributed by atoms with Crippen molar-refractivity contribution in [2.75, 3.05) is 14.1 Å². The maximum absolute atomic E-state index is 12.6. The molecular weight excluding hydrogens is 310 g/mol. The van der Waals surface area contributed by atoms with Crippen molar-refractivity contribution in [2.45, 2.75) is 26.3 Å². The number of nitrogens with zero attached hydrogens (tertiary/aromatic N) is 2. The number of Topliss-reactive ketones (excluding diaryl/α,β-unsaturated/α-hetero) is 1. The first-order chi connectivity index (χ1) is 11.5. The van der Waals surface area contributed by atoms with Crippen molar-refractivity contribution >= 4 is 11.7 Å². The summed E-state index contributed by atoms with van der Waals surface area (Å²) in [4.78, 5) is 26.8. The van der Waals surface area contributed by atoms with Crippen LogP contribution < -0.4 is 5.32 Å². The van der Waals surface area contributed by atoms with Crippen LogP contribution in [0.2, 0.25) is 0 Å². The van der Waals surface area contributed by atoms with E-state index in [9.17, 15) is 9.59 Å². The zero-order chi connectivity index (χ0) is 17.3. The lowest BCUT2D eigenvalue weighted by atomic mass is 9.90. The lowest BCUT2D eigenvalue weighted by molar-refractivity contribution is 0.0918. The number of amides is 1. The van der Waals surface area contributed by atoms with Crippen molar-refractivity contribution in [3.8, 4) is 0 Å². The molecule has 2 aromatic heterocycles. The van der Waals surface area contributed by atoms with Gasteiger partial charge in [-0.1, -0.05) is 5.16 Å². The molecule has 0 aromatic carbocycles. The van der Waals surface area contributed by atoms with Gasteiger partial charge in [-0.15, -0.1) is 0 Å². The number of hydrogen-bond donors (Lipinski definition) is 1. The summed E-state index contributed by atoms with van der Waals surface area (Å²) >= 11 is 0. The molecule has 24 heavy (non-hydrogen) atoms. The van der Waals surface area contributed by atoms with E-state index in [0.717, 1.165) is 5.57 Å². The largest absolute Gasteiger partial charge is 0.455 e. The number of furan rings is 1. The maximum atomic E-state index is 12.6. The summed E-state index contributed by atoms with van der Waals surface area (Å²) in [5.74, 6) is 0.334. The zero-order valence-electron chi connectivity index (χ0n) is 13.9. The predicted molar refractivity (Wildman–Crippen MR) is 85.5 cm³/mol. The summed E-state index contributed by atoms with van der Waals surface area (Å²) in [5, 5.41) is 6.45. The van der Waals surface area contributed by atoms with Gasteiger partial charge >= 0.3 is 0 Å². The predicted octanol–water partition coefficient (Wildman–Crippen LogP) is 2.08. The number of carbonyl (C=O) groups is 2. The maximum Gasteiger partial charge on any atom is 0.287 e. The molecular formula is C17H19N3O4. The van der Waals surface area contributed by atoms with Crippen LogP contribution in [0.3, 0.4) is 0 Å². The van der Waals surface area contributed by atoms with Crippen LogP contribution in [-0.4, -0.2) is 35.8 Å². The van der Waals surface area contributed by atoms with E-state index >= 15 is 0 Å². The Balaban J connectivity index is 1.83. The Hall–Kier alpha value is -2.83. The highest BCUT2D eigenvalue weighted by Crippen LogP contribution is 2.32. The van der Waals surface area contributed by atoms with E-state index in [1.165, 1.54) is 6.26 Å². The van der Waals surface area contributed by atoms with E-state index in [2.05, 4.69) is 10.5 Å². The minimum absolute atomic E-state index is 0.0678. The van der Waals surface area contributed by atoms with Gasteiger partial charge in [-0.25, -0.2) is 0 Å². The smallest absolute Gasteiger partial charge is 0.287 e. The molecule has 1 aliphatic carbocycles. The first-order valence-corrected chi connectivity index (χ1v) is 7.69. The number of aromatic nitrogens is 1. The molecule has 0 saturated heterocycles. The van der Waals surface area contributed by atoms with E-state index in [4.69, 9.17) is 8.94 Å². The van der Waals surface area contributed by atoms with Crippen LogP contribution in [0.15, 0.2) is 33.0 Å². The summed E-state index contributed by atoms with van der Waals surface area (Å²) in [7, 11) is 3.75. The third kappa shape index (κ3) is 2.97. The number of aryl methyl sites for hydroxylation is 1. The lowest BCUT2D eigenvalue weighted by Crippen LogP contribution is -2.23. The lowest BCUT2D eigenvalue weighted by Gasteiger charge is -2.15. The highest BCUT2D eigenvalue weighted by Gasteiger charge is 2.31. The first kappa shape index (κ1) is 16.0. The zero-order valence-corrected chi connectivity index (χ0v) is 13.9. The molecule has 0 atom stereocenters. The second-order valence-electron chi connectivity index (χ2n) is 5.97. The molecule has 0 saturated carbocycles. The number of allylic oxidation sites excluding steroid dienone is 1. The molecule has 1 amide bonds. The monoisotopic (exact) mass is 329 g/mol. The number of rotatable bonds is 4. The fourth-order valence-electron chi connectivity index (χ4n) is 2.80. The van der Waals surface area contributed by atoms with Gasteiger partial charge in [-0.3, -0.25) is 9.59 Å². The van der Waals surface area contributed by atoms with Gasteiger partial charge in [-0.2, -0.15) is 0 Å². The van der Waals surface area contributed by atoms with Crippen LogP contribution in [0.5, 0.6) is 0 Å². The van der Waals surface area contributed by atoms with Crippen LogP contribution in [-0.2, 0) is 13.0 Å². The molecule has 2 heterocycles. The van der Waals surface area contributed by atoms with Crippen LogP contribution in [0.1, 0.15) is 44.4 Å². The average Bonchev–Trinajstić information content (AvgIpc) is 3.16. The Labute approximate surface area is 139 Å². The van der Waals surface area contributed by atoms with E-state index in [0.29, 0.717) is 35.4 Å². The molecule has 1 N–H and O–H groups in total. The van der Waals surface area contributed by atoms with Gasteiger partial charge in [-0.05, 0) is 13.3 Å². The van der Waals surface area contributed by atoms with Crippen LogP contribution in [0.25, 0.3) is 0 Å². The molecule has 7 heteroatoms. The first-order valence-electron chi connectivity index (χ1n) is 7.69. The topological polar surface area (TPSA) is 88.6 Å². The Bertz CT molecular complexity index is 800. The fourth-order valence-corrected chi connectivity index (χ4v) is 2.80. The highest BCUT2D eigenvalue weighted by molar-refractivity contribution is 6.12. The third-order valence-electron chi connectivity index (χ3n) is 3.90. The van der Waals surface area contributed by atoms with Crippen molar-refractivity contribution in [2.24, 2.45) is 0 Å². The number of nitrogens with one attached hydrogen (secondary N) is 1. The molecule has 0 spiro atoms. The van der Waals surface area contributed by atoms with Gasteiger partial charge in [0.2, 0.25) is 0 Å². The molecule has 0 fully saturated rings.